The highest BCUT2D eigenvalue weighted by Crippen LogP contribution is 2.22. The highest BCUT2D eigenvalue weighted by Gasteiger charge is 2.25. The van der Waals surface area contributed by atoms with Crippen LogP contribution in [-0.2, 0) is 29.1 Å². The van der Waals surface area contributed by atoms with Crippen molar-refractivity contribution in [2.45, 2.75) is 37.0 Å². The van der Waals surface area contributed by atoms with Gasteiger partial charge >= 0.3 is 5.97 Å². The molecule has 0 saturated carbocycles. The number of carbonyl (C=O) groups excluding carboxylic acids is 2. The van der Waals surface area contributed by atoms with Gasteiger partial charge in [-0.2, -0.15) is 4.31 Å². The van der Waals surface area contributed by atoms with Crippen molar-refractivity contribution in [2.24, 2.45) is 0 Å². The molecule has 27 heavy (non-hydrogen) atoms. The van der Waals surface area contributed by atoms with Gasteiger partial charge in [0.2, 0.25) is 15.9 Å². The number of methoxy groups -OCH3 is 1. The fourth-order valence-corrected chi connectivity index (χ4v) is 4.23. The van der Waals surface area contributed by atoms with Crippen LogP contribution >= 0.6 is 0 Å². The summed E-state index contributed by atoms with van der Waals surface area (Å²) in [5.74, 6) is -0.810. The number of esters is 1. The lowest BCUT2D eigenvalue weighted by molar-refractivity contribution is -0.145. The number of carbonyl (C=O) groups is 2. The second-order valence-electron chi connectivity index (χ2n) is 6.25. The zero-order valence-corrected chi connectivity index (χ0v) is 16.3. The minimum Gasteiger partial charge on any atom is -0.463 e. The highest BCUT2D eigenvalue weighted by molar-refractivity contribution is 7.89. The molecule has 0 spiro atoms. The Morgan fingerprint density at radius 2 is 1.70 bits per heavy atom. The molecular formula is C18H26N2O6S. The number of benzene rings is 1. The van der Waals surface area contributed by atoms with Gasteiger partial charge < -0.3 is 14.8 Å². The van der Waals surface area contributed by atoms with Crippen LogP contribution < -0.4 is 5.32 Å². The topological polar surface area (TPSA) is 102 Å². The molecule has 0 atom stereocenters. The smallest absolute Gasteiger partial charge is 0.306 e. The van der Waals surface area contributed by atoms with Gasteiger partial charge in [0.05, 0.1) is 17.9 Å². The molecule has 1 saturated heterocycles. The molecule has 0 radical (unpaired) electrons. The van der Waals surface area contributed by atoms with E-state index in [2.05, 4.69) is 5.32 Å². The van der Waals surface area contributed by atoms with Crippen molar-refractivity contribution >= 4 is 27.6 Å². The molecule has 1 aliphatic heterocycles. The van der Waals surface area contributed by atoms with E-state index < -0.39 is 16.0 Å². The van der Waals surface area contributed by atoms with E-state index in [0.717, 1.165) is 19.3 Å². The Morgan fingerprint density at radius 1 is 1.04 bits per heavy atom. The molecule has 1 aromatic carbocycles. The Kier molecular flexibility index (Phi) is 8.21. The summed E-state index contributed by atoms with van der Waals surface area (Å²) in [7, 11) is -1.99. The van der Waals surface area contributed by atoms with Crippen molar-refractivity contribution in [2.75, 3.05) is 38.7 Å². The van der Waals surface area contributed by atoms with Crippen molar-refractivity contribution < 1.29 is 27.5 Å². The standard InChI is InChI=1S/C18H26N2O6S/c1-25-13-14-26-18(22)10-9-17(21)19-15-5-7-16(8-6-15)27(23,24)20-11-3-2-4-12-20/h5-8H,2-4,9-14H2,1H3,(H,19,21). The molecule has 1 heterocycles. The van der Waals surface area contributed by atoms with Crippen LogP contribution in [0.15, 0.2) is 29.2 Å². The van der Waals surface area contributed by atoms with Crippen LogP contribution in [0.1, 0.15) is 32.1 Å². The first-order chi connectivity index (χ1) is 12.9. The zero-order chi connectivity index (χ0) is 19.7. The molecule has 1 aliphatic rings. The first-order valence-corrected chi connectivity index (χ1v) is 10.4. The van der Waals surface area contributed by atoms with Crippen LogP contribution in [0.2, 0.25) is 0 Å². The van der Waals surface area contributed by atoms with Crippen molar-refractivity contribution in [1.82, 2.24) is 4.31 Å². The van der Waals surface area contributed by atoms with Crippen LogP contribution in [0.4, 0.5) is 5.69 Å². The summed E-state index contributed by atoms with van der Waals surface area (Å²) < 4.78 is 36.3. The fourth-order valence-electron chi connectivity index (χ4n) is 2.71. The second-order valence-corrected chi connectivity index (χ2v) is 8.19. The summed E-state index contributed by atoms with van der Waals surface area (Å²) in [4.78, 5) is 23.6. The molecule has 1 amide bonds. The van der Waals surface area contributed by atoms with Gasteiger partial charge in [-0.1, -0.05) is 6.42 Å². The maximum atomic E-state index is 12.6. The number of nitrogens with one attached hydrogen (secondary N) is 1. The Hall–Kier alpha value is -1.97. The summed E-state index contributed by atoms with van der Waals surface area (Å²) in [5.41, 5.74) is 0.477. The van der Waals surface area contributed by atoms with Gasteiger partial charge in [0.25, 0.3) is 0 Å². The molecule has 0 aliphatic carbocycles. The summed E-state index contributed by atoms with van der Waals surface area (Å²) in [6.45, 7) is 1.55. The van der Waals surface area contributed by atoms with E-state index in [0.29, 0.717) is 25.4 Å². The fraction of sp³-hybridized carbons (Fsp3) is 0.556. The van der Waals surface area contributed by atoms with Crippen LogP contribution in [0.3, 0.4) is 0 Å². The monoisotopic (exact) mass is 398 g/mol. The third-order valence-corrected chi connectivity index (χ3v) is 6.11. The minimum atomic E-state index is -3.49. The van der Waals surface area contributed by atoms with E-state index in [1.165, 1.54) is 23.5 Å². The number of ether oxygens (including phenoxy) is 2. The van der Waals surface area contributed by atoms with E-state index in [1.807, 2.05) is 0 Å². The van der Waals surface area contributed by atoms with Crippen LogP contribution in [0.25, 0.3) is 0 Å². The largest absolute Gasteiger partial charge is 0.463 e. The number of amides is 1. The molecule has 0 bridgehead atoms. The zero-order valence-electron chi connectivity index (χ0n) is 15.5. The summed E-state index contributed by atoms with van der Waals surface area (Å²) in [6, 6.07) is 6.06. The number of sulfonamides is 1. The number of nitrogens with zero attached hydrogens (tertiary/aromatic N) is 1. The molecule has 1 N–H and O–H groups in total. The van der Waals surface area contributed by atoms with Gasteiger partial charge in [0.1, 0.15) is 6.61 Å². The molecule has 0 unspecified atom stereocenters. The first-order valence-electron chi connectivity index (χ1n) is 8.98. The Morgan fingerprint density at radius 3 is 2.33 bits per heavy atom. The van der Waals surface area contributed by atoms with E-state index >= 15 is 0 Å². The van der Waals surface area contributed by atoms with Crippen molar-refractivity contribution in [1.29, 1.82) is 0 Å². The average Bonchev–Trinajstić information content (AvgIpc) is 2.68. The third-order valence-electron chi connectivity index (χ3n) is 4.20. The van der Waals surface area contributed by atoms with Crippen molar-refractivity contribution in [3.05, 3.63) is 24.3 Å². The highest BCUT2D eigenvalue weighted by atomic mass is 32.2. The molecule has 2 rings (SSSR count). The molecule has 0 aromatic heterocycles. The maximum absolute atomic E-state index is 12.6. The number of piperidine rings is 1. The molecule has 150 valence electrons. The molecule has 1 fully saturated rings. The Bertz CT molecular complexity index is 727. The average molecular weight is 398 g/mol. The lowest BCUT2D eigenvalue weighted by Gasteiger charge is -2.25. The Balaban J connectivity index is 1.84. The summed E-state index contributed by atoms with van der Waals surface area (Å²) in [5, 5.41) is 2.64. The van der Waals surface area contributed by atoms with Gasteiger partial charge in [-0.05, 0) is 37.1 Å². The van der Waals surface area contributed by atoms with Crippen molar-refractivity contribution in [3.63, 3.8) is 0 Å². The van der Waals surface area contributed by atoms with E-state index in [4.69, 9.17) is 9.47 Å². The van der Waals surface area contributed by atoms with Crippen LogP contribution in [0.5, 0.6) is 0 Å². The molecule has 8 nitrogen and oxygen atoms in total. The van der Waals surface area contributed by atoms with Gasteiger partial charge in [0, 0.05) is 32.3 Å². The van der Waals surface area contributed by atoms with E-state index in [1.54, 1.807) is 12.1 Å². The van der Waals surface area contributed by atoms with Gasteiger partial charge in [-0.15, -0.1) is 0 Å². The summed E-state index contributed by atoms with van der Waals surface area (Å²) in [6.07, 6.45) is 2.76. The van der Waals surface area contributed by atoms with E-state index in [-0.39, 0.29) is 30.3 Å². The molecule has 9 heteroatoms. The van der Waals surface area contributed by atoms with Gasteiger partial charge in [-0.3, -0.25) is 9.59 Å². The third kappa shape index (κ3) is 6.60. The van der Waals surface area contributed by atoms with Crippen LogP contribution in [-0.4, -0.2) is 58.0 Å². The quantitative estimate of drug-likeness (QED) is 0.502. The minimum absolute atomic E-state index is 0.0142. The van der Waals surface area contributed by atoms with Gasteiger partial charge in [-0.25, -0.2) is 8.42 Å². The number of hydrogen-bond donors (Lipinski definition) is 1. The predicted molar refractivity (Wildman–Crippen MR) is 99.8 cm³/mol. The molecular weight excluding hydrogens is 372 g/mol. The first kappa shape index (κ1) is 21.3. The number of rotatable bonds is 9. The van der Waals surface area contributed by atoms with Gasteiger partial charge in [0.15, 0.2) is 0 Å². The van der Waals surface area contributed by atoms with Crippen molar-refractivity contribution in [3.8, 4) is 0 Å². The number of anilines is 1. The maximum Gasteiger partial charge on any atom is 0.306 e. The second kappa shape index (κ2) is 10.4. The lowest BCUT2D eigenvalue weighted by Crippen LogP contribution is -2.35. The summed E-state index contributed by atoms with van der Waals surface area (Å²) >= 11 is 0. The SMILES string of the molecule is COCCOC(=O)CCC(=O)Nc1ccc(S(=O)(=O)N2CCCCC2)cc1. The number of hydrogen-bond acceptors (Lipinski definition) is 6. The molecule has 1 aromatic rings. The normalized spacial score (nSPS) is 15.3. The van der Waals surface area contributed by atoms with E-state index in [9.17, 15) is 18.0 Å². The predicted octanol–water partition coefficient (Wildman–Crippen LogP) is 1.77. The lowest BCUT2D eigenvalue weighted by atomic mass is 10.2. The Labute approximate surface area is 159 Å². The van der Waals surface area contributed by atoms with Crippen LogP contribution in [0, 0.1) is 0 Å².